The Morgan fingerprint density at radius 3 is 3.11 bits per heavy atom. The van der Waals surface area contributed by atoms with Crippen molar-refractivity contribution >= 4 is 17.4 Å². The highest BCUT2D eigenvalue weighted by molar-refractivity contribution is 5.85. The van der Waals surface area contributed by atoms with Gasteiger partial charge in [-0.15, -0.1) is 0 Å². The van der Waals surface area contributed by atoms with E-state index in [1.807, 2.05) is 0 Å². The number of aromatic nitrogens is 1. The number of nitrogens with zero attached hydrogens (tertiary/aromatic N) is 2. The Balaban J connectivity index is 2.17. The van der Waals surface area contributed by atoms with Crippen molar-refractivity contribution in [2.24, 2.45) is 0 Å². The van der Waals surface area contributed by atoms with Crippen LogP contribution in [0.2, 0.25) is 0 Å². The Morgan fingerprint density at radius 1 is 1.50 bits per heavy atom. The summed E-state index contributed by atoms with van der Waals surface area (Å²) in [7, 11) is 0. The van der Waals surface area contributed by atoms with E-state index < -0.39 is 11.0 Å². The molecule has 1 unspecified atom stereocenters. The first kappa shape index (κ1) is 12.3. The highest BCUT2D eigenvalue weighted by Gasteiger charge is 2.24. The van der Waals surface area contributed by atoms with Gasteiger partial charge in [0.05, 0.1) is 4.92 Å². The zero-order valence-electron chi connectivity index (χ0n) is 9.76. The average molecular weight is 250 g/mol. The predicted molar refractivity (Wildman–Crippen MR) is 65.2 cm³/mol. The van der Waals surface area contributed by atoms with Gasteiger partial charge in [-0.2, -0.15) is 0 Å². The maximum absolute atomic E-state index is 11.7. The molecule has 1 aliphatic rings. The maximum atomic E-state index is 11.7. The molecule has 2 heterocycles. The molecule has 1 atom stereocenters. The van der Waals surface area contributed by atoms with Crippen LogP contribution in [0.25, 0.3) is 0 Å². The number of carbonyl (C=O) groups excluding carboxylic acids is 1. The normalized spacial score (nSPS) is 19.8. The molecule has 0 aliphatic carbocycles. The Morgan fingerprint density at radius 2 is 2.33 bits per heavy atom. The fraction of sp³-hybridized carbons (Fsp3) is 0.455. The molecule has 1 aromatic heterocycles. The summed E-state index contributed by atoms with van der Waals surface area (Å²) in [6, 6.07) is 2.40. The minimum Gasteiger partial charge on any atom is -0.354 e. The van der Waals surface area contributed by atoms with Crippen LogP contribution in [0.15, 0.2) is 18.3 Å². The van der Waals surface area contributed by atoms with Gasteiger partial charge in [0, 0.05) is 18.8 Å². The number of amides is 1. The molecule has 1 fully saturated rings. The number of anilines is 1. The summed E-state index contributed by atoms with van der Waals surface area (Å²) in [4.78, 5) is 26.0. The lowest BCUT2D eigenvalue weighted by atomic mass is 10.1. The third-order valence-corrected chi connectivity index (χ3v) is 2.83. The van der Waals surface area contributed by atoms with E-state index in [0.717, 1.165) is 12.8 Å². The van der Waals surface area contributed by atoms with E-state index in [4.69, 9.17) is 0 Å². The fourth-order valence-corrected chi connectivity index (χ4v) is 1.90. The molecule has 18 heavy (non-hydrogen) atoms. The van der Waals surface area contributed by atoms with Crippen LogP contribution >= 0.6 is 0 Å². The van der Waals surface area contributed by atoms with E-state index in [-0.39, 0.29) is 17.4 Å². The van der Waals surface area contributed by atoms with Crippen molar-refractivity contribution in [1.82, 2.24) is 10.3 Å². The lowest BCUT2D eigenvalue weighted by Gasteiger charge is -2.15. The van der Waals surface area contributed by atoms with Crippen LogP contribution < -0.4 is 10.6 Å². The molecule has 0 spiro atoms. The topological polar surface area (TPSA) is 97.2 Å². The summed E-state index contributed by atoms with van der Waals surface area (Å²) < 4.78 is 0. The summed E-state index contributed by atoms with van der Waals surface area (Å²) in [5, 5.41) is 16.5. The summed E-state index contributed by atoms with van der Waals surface area (Å²) in [6.45, 7) is 0.654. The van der Waals surface area contributed by atoms with E-state index in [2.05, 4.69) is 15.6 Å². The molecule has 2 N–H and O–H groups in total. The van der Waals surface area contributed by atoms with Gasteiger partial charge in [0.2, 0.25) is 11.7 Å². The minimum absolute atomic E-state index is 0.116. The number of carbonyl (C=O) groups is 1. The number of nitrogens with one attached hydrogen (secondary N) is 2. The summed E-state index contributed by atoms with van der Waals surface area (Å²) >= 11 is 0. The third-order valence-electron chi connectivity index (χ3n) is 2.83. The molecule has 1 aromatic rings. The smallest absolute Gasteiger partial charge is 0.311 e. The van der Waals surface area contributed by atoms with Gasteiger partial charge in [0.25, 0.3) is 0 Å². The van der Waals surface area contributed by atoms with Crippen LogP contribution in [0.1, 0.15) is 19.3 Å². The SMILES string of the molecule is O=C1NCCCCC1Nc1ncccc1[N+](=O)[O-]. The highest BCUT2D eigenvalue weighted by atomic mass is 16.6. The molecule has 7 nitrogen and oxygen atoms in total. The average Bonchev–Trinajstić information content (AvgIpc) is 2.55. The zero-order valence-corrected chi connectivity index (χ0v) is 9.76. The van der Waals surface area contributed by atoms with Crippen molar-refractivity contribution < 1.29 is 9.72 Å². The molecule has 2 rings (SSSR count). The summed E-state index contributed by atoms with van der Waals surface area (Å²) in [5.41, 5.74) is -0.116. The lowest BCUT2D eigenvalue weighted by Crippen LogP contribution is -2.38. The van der Waals surface area contributed by atoms with Crippen LogP contribution in [-0.4, -0.2) is 28.4 Å². The lowest BCUT2D eigenvalue weighted by molar-refractivity contribution is -0.384. The molecule has 7 heteroatoms. The number of nitro groups is 1. The van der Waals surface area contributed by atoms with Crippen LogP contribution in [-0.2, 0) is 4.79 Å². The molecule has 96 valence electrons. The summed E-state index contributed by atoms with van der Waals surface area (Å²) in [6.07, 6.45) is 3.94. The first-order valence-corrected chi connectivity index (χ1v) is 5.82. The van der Waals surface area contributed by atoms with E-state index in [1.54, 1.807) is 0 Å². The predicted octanol–water partition coefficient (Wildman–Crippen LogP) is 1.07. The molecule has 0 aromatic carbocycles. The second kappa shape index (κ2) is 5.44. The van der Waals surface area contributed by atoms with Gasteiger partial charge in [-0.3, -0.25) is 14.9 Å². The molecule has 0 saturated carbocycles. The highest BCUT2D eigenvalue weighted by Crippen LogP contribution is 2.22. The molecule has 1 amide bonds. The van der Waals surface area contributed by atoms with Gasteiger partial charge in [0.15, 0.2) is 0 Å². The molecular formula is C11H14N4O3. The minimum atomic E-state index is -0.510. The van der Waals surface area contributed by atoms with E-state index in [0.29, 0.717) is 13.0 Å². The second-order valence-electron chi connectivity index (χ2n) is 4.11. The Labute approximate surface area is 104 Å². The van der Waals surface area contributed by atoms with E-state index in [9.17, 15) is 14.9 Å². The fourth-order valence-electron chi connectivity index (χ4n) is 1.90. The maximum Gasteiger partial charge on any atom is 0.311 e. The van der Waals surface area contributed by atoms with Crippen molar-refractivity contribution in [2.75, 3.05) is 11.9 Å². The molecule has 1 saturated heterocycles. The van der Waals surface area contributed by atoms with Gasteiger partial charge in [-0.05, 0) is 25.3 Å². The summed E-state index contributed by atoms with van der Waals surface area (Å²) in [5.74, 6) is 0.0111. The zero-order chi connectivity index (χ0) is 13.0. The molecule has 0 bridgehead atoms. The van der Waals surface area contributed by atoms with Crippen molar-refractivity contribution in [3.8, 4) is 0 Å². The van der Waals surface area contributed by atoms with E-state index in [1.165, 1.54) is 18.3 Å². The van der Waals surface area contributed by atoms with Gasteiger partial charge >= 0.3 is 5.69 Å². The number of hydrogen-bond acceptors (Lipinski definition) is 5. The first-order chi connectivity index (χ1) is 8.68. The number of rotatable bonds is 3. The van der Waals surface area contributed by atoms with Crippen LogP contribution in [0.5, 0.6) is 0 Å². The van der Waals surface area contributed by atoms with Crippen LogP contribution in [0.4, 0.5) is 11.5 Å². The number of pyridine rings is 1. The van der Waals surface area contributed by atoms with Crippen LogP contribution in [0, 0.1) is 10.1 Å². The van der Waals surface area contributed by atoms with Crippen molar-refractivity contribution in [1.29, 1.82) is 0 Å². The van der Waals surface area contributed by atoms with Crippen molar-refractivity contribution in [3.63, 3.8) is 0 Å². The quantitative estimate of drug-likeness (QED) is 0.617. The van der Waals surface area contributed by atoms with Gasteiger partial charge < -0.3 is 10.6 Å². The number of hydrogen-bond donors (Lipinski definition) is 2. The van der Waals surface area contributed by atoms with Crippen molar-refractivity contribution in [3.05, 3.63) is 28.4 Å². The standard InChI is InChI=1S/C11H14N4O3/c16-11-8(4-1-2-6-13-11)14-10-9(15(17)18)5-3-7-12-10/h3,5,7-8H,1-2,4,6H2,(H,12,14)(H,13,16). The molecule has 0 radical (unpaired) electrons. The monoisotopic (exact) mass is 250 g/mol. The Bertz CT molecular complexity index is 463. The Kier molecular flexibility index (Phi) is 3.71. The van der Waals surface area contributed by atoms with Crippen molar-refractivity contribution in [2.45, 2.75) is 25.3 Å². The van der Waals surface area contributed by atoms with Gasteiger partial charge in [0.1, 0.15) is 6.04 Å². The Hall–Kier alpha value is -2.18. The first-order valence-electron chi connectivity index (χ1n) is 5.82. The van der Waals surface area contributed by atoms with Gasteiger partial charge in [-0.1, -0.05) is 0 Å². The largest absolute Gasteiger partial charge is 0.354 e. The third kappa shape index (κ3) is 2.73. The van der Waals surface area contributed by atoms with Gasteiger partial charge in [-0.25, -0.2) is 4.98 Å². The molecular weight excluding hydrogens is 236 g/mol. The van der Waals surface area contributed by atoms with Crippen LogP contribution in [0.3, 0.4) is 0 Å². The van der Waals surface area contributed by atoms with E-state index >= 15 is 0 Å². The second-order valence-corrected chi connectivity index (χ2v) is 4.11. The molecule has 1 aliphatic heterocycles.